The number of carbonyl (C=O) groups excluding carboxylic acids is 1. The van der Waals surface area contributed by atoms with Gasteiger partial charge in [-0.2, -0.15) is 0 Å². The molecule has 1 rings (SSSR count). The van der Waals surface area contributed by atoms with Crippen LogP contribution in [0.25, 0.3) is 0 Å². The van der Waals surface area contributed by atoms with E-state index in [4.69, 9.17) is 0 Å². The number of rotatable bonds is 7. The highest BCUT2D eigenvalue weighted by atomic mass is 16.1. The van der Waals surface area contributed by atoms with Gasteiger partial charge in [-0.15, -0.1) is 6.58 Å². The molecule has 92 valence electrons. The van der Waals surface area contributed by atoms with Crippen molar-refractivity contribution >= 4 is 5.91 Å². The van der Waals surface area contributed by atoms with Crippen LogP contribution in [0, 0.1) is 6.92 Å². The van der Waals surface area contributed by atoms with E-state index in [1.54, 1.807) is 0 Å². The molecule has 3 nitrogen and oxygen atoms in total. The lowest BCUT2D eigenvalue weighted by atomic mass is 10.1. The lowest BCUT2D eigenvalue weighted by Crippen LogP contribution is -2.32. The number of amides is 1. The maximum atomic E-state index is 11.7. The zero-order chi connectivity index (χ0) is 12.5. The molecule has 0 heterocycles. The normalized spacial score (nSPS) is 9.94. The third-order valence-corrected chi connectivity index (χ3v) is 2.43. The quantitative estimate of drug-likeness (QED) is 0.557. The Morgan fingerprint density at radius 2 is 1.94 bits per heavy atom. The van der Waals surface area contributed by atoms with Crippen molar-refractivity contribution in [2.45, 2.75) is 13.3 Å². The molecule has 1 amide bonds. The Balaban J connectivity index is 2.21. The van der Waals surface area contributed by atoms with Gasteiger partial charge in [0, 0.05) is 18.7 Å². The fourth-order valence-electron chi connectivity index (χ4n) is 1.40. The molecule has 0 aromatic heterocycles. The van der Waals surface area contributed by atoms with Gasteiger partial charge in [0.15, 0.2) is 0 Å². The van der Waals surface area contributed by atoms with Crippen molar-refractivity contribution in [3.8, 4) is 0 Å². The van der Waals surface area contributed by atoms with E-state index >= 15 is 0 Å². The second kappa shape index (κ2) is 7.63. The van der Waals surface area contributed by atoms with E-state index in [-0.39, 0.29) is 5.91 Å². The highest BCUT2D eigenvalue weighted by Gasteiger charge is 2.02. The van der Waals surface area contributed by atoms with Crippen LogP contribution in [0.15, 0.2) is 36.9 Å². The number of aryl methyl sites for hydroxylation is 1. The Labute approximate surface area is 103 Å². The van der Waals surface area contributed by atoms with Gasteiger partial charge in [0.2, 0.25) is 0 Å². The largest absolute Gasteiger partial charge is 0.351 e. The lowest BCUT2D eigenvalue weighted by molar-refractivity contribution is 0.0954. The Kier molecular flexibility index (Phi) is 6.04. The summed E-state index contributed by atoms with van der Waals surface area (Å²) in [4.78, 5) is 11.7. The van der Waals surface area contributed by atoms with Crippen molar-refractivity contribution in [1.82, 2.24) is 10.6 Å². The van der Waals surface area contributed by atoms with E-state index < -0.39 is 0 Å². The SMILES string of the molecule is C=CCCNCCNC(=O)c1ccc(C)cc1. The summed E-state index contributed by atoms with van der Waals surface area (Å²) in [5.74, 6) is -0.0180. The van der Waals surface area contributed by atoms with E-state index in [1.165, 1.54) is 0 Å². The molecule has 0 radical (unpaired) electrons. The first kappa shape index (κ1) is 13.5. The molecular weight excluding hydrogens is 212 g/mol. The second-order valence-electron chi connectivity index (χ2n) is 3.95. The molecular formula is C14H20N2O. The zero-order valence-corrected chi connectivity index (χ0v) is 10.3. The molecule has 1 aromatic carbocycles. The summed E-state index contributed by atoms with van der Waals surface area (Å²) in [5, 5.41) is 6.08. The molecule has 0 aliphatic carbocycles. The van der Waals surface area contributed by atoms with Gasteiger partial charge in [-0.25, -0.2) is 0 Å². The summed E-state index contributed by atoms with van der Waals surface area (Å²) in [7, 11) is 0. The summed E-state index contributed by atoms with van der Waals surface area (Å²) in [6.07, 6.45) is 2.82. The van der Waals surface area contributed by atoms with Crippen LogP contribution >= 0.6 is 0 Å². The molecule has 1 aromatic rings. The highest BCUT2D eigenvalue weighted by Crippen LogP contribution is 2.02. The maximum absolute atomic E-state index is 11.7. The molecule has 0 saturated carbocycles. The highest BCUT2D eigenvalue weighted by molar-refractivity contribution is 5.94. The molecule has 0 atom stereocenters. The van der Waals surface area contributed by atoms with Gasteiger partial charge in [0.05, 0.1) is 0 Å². The third kappa shape index (κ3) is 5.31. The molecule has 0 saturated heterocycles. The van der Waals surface area contributed by atoms with Gasteiger partial charge in [-0.05, 0) is 32.0 Å². The number of carbonyl (C=O) groups is 1. The summed E-state index contributed by atoms with van der Waals surface area (Å²) in [5.41, 5.74) is 1.87. The molecule has 0 fully saturated rings. The van der Waals surface area contributed by atoms with Crippen LogP contribution in [0.5, 0.6) is 0 Å². The van der Waals surface area contributed by atoms with Crippen molar-refractivity contribution in [1.29, 1.82) is 0 Å². The molecule has 17 heavy (non-hydrogen) atoms. The Morgan fingerprint density at radius 1 is 1.24 bits per heavy atom. The summed E-state index contributed by atoms with van der Waals surface area (Å²) < 4.78 is 0. The van der Waals surface area contributed by atoms with Crippen LogP contribution in [0.3, 0.4) is 0 Å². The first-order valence-corrected chi connectivity index (χ1v) is 5.90. The molecule has 0 aliphatic rings. The monoisotopic (exact) mass is 232 g/mol. The van der Waals surface area contributed by atoms with Crippen molar-refractivity contribution in [2.24, 2.45) is 0 Å². The fraction of sp³-hybridized carbons (Fsp3) is 0.357. The van der Waals surface area contributed by atoms with Gasteiger partial charge in [-0.3, -0.25) is 4.79 Å². The molecule has 0 unspecified atom stereocenters. The maximum Gasteiger partial charge on any atom is 0.251 e. The number of nitrogens with one attached hydrogen (secondary N) is 2. The molecule has 2 N–H and O–H groups in total. The van der Waals surface area contributed by atoms with Crippen LogP contribution in [0.4, 0.5) is 0 Å². The lowest BCUT2D eigenvalue weighted by Gasteiger charge is -2.06. The van der Waals surface area contributed by atoms with Crippen molar-refractivity contribution < 1.29 is 4.79 Å². The predicted molar refractivity (Wildman–Crippen MR) is 71.2 cm³/mol. The minimum atomic E-state index is -0.0180. The van der Waals surface area contributed by atoms with Crippen molar-refractivity contribution in [2.75, 3.05) is 19.6 Å². The second-order valence-corrected chi connectivity index (χ2v) is 3.95. The van der Waals surface area contributed by atoms with E-state index in [0.717, 1.165) is 25.1 Å². The fourth-order valence-corrected chi connectivity index (χ4v) is 1.40. The average molecular weight is 232 g/mol. The summed E-state index contributed by atoms with van der Waals surface area (Å²) >= 11 is 0. The molecule has 0 spiro atoms. The first-order chi connectivity index (χ1) is 8.24. The van der Waals surface area contributed by atoms with Crippen molar-refractivity contribution in [3.63, 3.8) is 0 Å². The molecule has 0 aliphatic heterocycles. The predicted octanol–water partition coefficient (Wildman–Crippen LogP) is 1.89. The van der Waals surface area contributed by atoms with Crippen LogP contribution in [0.2, 0.25) is 0 Å². The molecule has 0 bridgehead atoms. The minimum Gasteiger partial charge on any atom is -0.351 e. The smallest absolute Gasteiger partial charge is 0.251 e. The van der Waals surface area contributed by atoms with Gasteiger partial charge < -0.3 is 10.6 Å². The van der Waals surface area contributed by atoms with Gasteiger partial charge in [0.25, 0.3) is 5.91 Å². The Hall–Kier alpha value is -1.61. The summed E-state index contributed by atoms with van der Waals surface area (Å²) in [6.45, 7) is 7.98. The van der Waals surface area contributed by atoms with E-state index in [1.807, 2.05) is 37.3 Å². The topological polar surface area (TPSA) is 41.1 Å². The number of benzene rings is 1. The van der Waals surface area contributed by atoms with Gasteiger partial charge >= 0.3 is 0 Å². The van der Waals surface area contributed by atoms with Crippen LogP contribution in [-0.4, -0.2) is 25.5 Å². The van der Waals surface area contributed by atoms with Gasteiger partial charge in [-0.1, -0.05) is 23.8 Å². The average Bonchev–Trinajstić information content (AvgIpc) is 2.34. The van der Waals surface area contributed by atoms with Crippen LogP contribution < -0.4 is 10.6 Å². The van der Waals surface area contributed by atoms with E-state index in [0.29, 0.717) is 12.1 Å². The number of hydrogen-bond donors (Lipinski definition) is 2. The van der Waals surface area contributed by atoms with Gasteiger partial charge in [0.1, 0.15) is 0 Å². The minimum absolute atomic E-state index is 0.0180. The van der Waals surface area contributed by atoms with Crippen LogP contribution in [-0.2, 0) is 0 Å². The van der Waals surface area contributed by atoms with Crippen molar-refractivity contribution in [3.05, 3.63) is 48.0 Å². The standard InChI is InChI=1S/C14H20N2O/c1-3-4-9-15-10-11-16-14(17)13-7-5-12(2)6-8-13/h3,5-8,15H,1,4,9-11H2,2H3,(H,16,17). The van der Waals surface area contributed by atoms with Crippen LogP contribution in [0.1, 0.15) is 22.3 Å². The Bertz CT molecular complexity index is 357. The Morgan fingerprint density at radius 3 is 2.59 bits per heavy atom. The number of hydrogen-bond acceptors (Lipinski definition) is 2. The van der Waals surface area contributed by atoms with E-state index in [2.05, 4.69) is 17.2 Å². The summed E-state index contributed by atoms with van der Waals surface area (Å²) in [6, 6.07) is 7.57. The molecule has 3 heteroatoms. The first-order valence-electron chi connectivity index (χ1n) is 5.90. The third-order valence-electron chi connectivity index (χ3n) is 2.43. The van der Waals surface area contributed by atoms with E-state index in [9.17, 15) is 4.79 Å². The zero-order valence-electron chi connectivity index (χ0n) is 10.3.